The lowest BCUT2D eigenvalue weighted by atomic mass is 9.84. The van der Waals surface area contributed by atoms with Crippen LogP contribution < -0.4 is 15.2 Å². The smallest absolute Gasteiger partial charge is 0.308 e. The van der Waals surface area contributed by atoms with Crippen LogP contribution >= 0.6 is 0 Å². The summed E-state index contributed by atoms with van der Waals surface area (Å²) < 4.78 is 10.9. The van der Waals surface area contributed by atoms with Gasteiger partial charge >= 0.3 is 5.97 Å². The zero-order valence-electron chi connectivity index (χ0n) is 21.6. The summed E-state index contributed by atoms with van der Waals surface area (Å²) in [6.45, 7) is 6.45. The number of carboxylic acids is 1. The number of amides is 2. The lowest BCUT2D eigenvalue weighted by Gasteiger charge is -2.30. The van der Waals surface area contributed by atoms with Gasteiger partial charge in [-0.15, -0.1) is 0 Å². The number of nitrogens with two attached hydrogens (primary N) is 1. The van der Waals surface area contributed by atoms with E-state index in [9.17, 15) is 19.5 Å². The fourth-order valence-electron chi connectivity index (χ4n) is 5.08. The zero-order valence-corrected chi connectivity index (χ0v) is 21.6. The number of nitrogens with zero attached hydrogens (tertiary/aromatic N) is 3. The van der Waals surface area contributed by atoms with Crippen LogP contribution in [0.4, 0.5) is 0 Å². The molecule has 0 unspecified atom stereocenters. The quantitative estimate of drug-likeness (QED) is 0.416. The van der Waals surface area contributed by atoms with Gasteiger partial charge in [0.05, 0.1) is 12.5 Å². The van der Waals surface area contributed by atoms with Crippen LogP contribution in [0.3, 0.4) is 0 Å². The Morgan fingerprint density at radius 1 is 1.14 bits per heavy atom. The molecule has 0 aromatic heterocycles. The number of fused-ring (bicyclic) bond motifs is 1. The first-order valence-electron chi connectivity index (χ1n) is 12.8. The van der Waals surface area contributed by atoms with Gasteiger partial charge in [-0.3, -0.25) is 19.3 Å². The van der Waals surface area contributed by atoms with Gasteiger partial charge in [0, 0.05) is 52.1 Å². The minimum Gasteiger partial charge on any atom is -0.481 e. The first-order chi connectivity index (χ1) is 17.3. The van der Waals surface area contributed by atoms with E-state index in [0.717, 1.165) is 24.8 Å². The minimum atomic E-state index is -0.908. The van der Waals surface area contributed by atoms with Crippen molar-refractivity contribution in [3.8, 4) is 11.5 Å². The van der Waals surface area contributed by atoms with Crippen LogP contribution in [0.2, 0.25) is 0 Å². The summed E-state index contributed by atoms with van der Waals surface area (Å²) in [6.07, 6.45) is 3.06. The molecule has 2 heterocycles. The standard InChI is InChI=1S/C26H40N4O6/c1-4-5-11-29(12-6-10-27)24(32)16-30-15-20(19-7-8-22-23(14-19)36-17-35-22)25(26(33)34)21(30)9-13-28(3)18(2)31/h7-8,14,20-21,25H,4-6,9-13,15-17,27H2,1-3H3,(H,33,34)/t20-,21+,25-/m1/s1. The van der Waals surface area contributed by atoms with Crippen molar-refractivity contribution >= 4 is 17.8 Å². The van der Waals surface area contributed by atoms with Gasteiger partial charge in [-0.25, -0.2) is 0 Å². The number of benzene rings is 1. The molecule has 0 saturated carbocycles. The largest absolute Gasteiger partial charge is 0.481 e. The molecule has 0 aliphatic carbocycles. The predicted molar refractivity (Wildman–Crippen MR) is 135 cm³/mol. The number of carboxylic acid groups (broad SMARTS) is 1. The Balaban J connectivity index is 1.86. The Labute approximate surface area is 213 Å². The maximum Gasteiger partial charge on any atom is 0.308 e. The van der Waals surface area contributed by atoms with Crippen molar-refractivity contribution in [1.82, 2.24) is 14.7 Å². The van der Waals surface area contributed by atoms with E-state index in [0.29, 0.717) is 50.6 Å². The zero-order chi connectivity index (χ0) is 26.2. The van der Waals surface area contributed by atoms with Crippen LogP contribution in [0.15, 0.2) is 18.2 Å². The Kier molecular flexibility index (Phi) is 9.95. The van der Waals surface area contributed by atoms with Crippen molar-refractivity contribution in [3.63, 3.8) is 0 Å². The van der Waals surface area contributed by atoms with Crippen LogP contribution in [0.5, 0.6) is 11.5 Å². The monoisotopic (exact) mass is 504 g/mol. The van der Waals surface area contributed by atoms with Crippen molar-refractivity contribution in [2.45, 2.75) is 51.5 Å². The summed E-state index contributed by atoms with van der Waals surface area (Å²) in [4.78, 5) is 43.2. The van der Waals surface area contributed by atoms with Crippen molar-refractivity contribution < 1.29 is 29.0 Å². The van der Waals surface area contributed by atoms with Gasteiger partial charge in [0.2, 0.25) is 18.6 Å². The summed E-state index contributed by atoms with van der Waals surface area (Å²) in [5.74, 6) is -0.820. The van der Waals surface area contributed by atoms with Gasteiger partial charge in [0.15, 0.2) is 11.5 Å². The molecule has 10 nitrogen and oxygen atoms in total. The number of ether oxygens (including phenoxy) is 2. The van der Waals surface area contributed by atoms with Crippen LogP contribution in [0.25, 0.3) is 0 Å². The molecule has 0 radical (unpaired) electrons. The molecule has 3 rings (SSSR count). The molecule has 2 aliphatic heterocycles. The Hall–Kier alpha value is -2.85. The van der Waals surface area contributed by atoms with Crippen LogP contribution in [0, 0.1) is 5.92 Å². The van der Waals surface area contributed by atoms with E-state index in [4.69, 9.17) is 15.2 Å². The maximum atomic E-state index is 13.4. The normalized spacial score (nSPS) is 20.9. The highest BCUT2D eigenvalue weighted by Gasteiger charge is 2.47. The van der Waals surface area contributed by atoms with E-state index in [1.54, 1.807) is 11.9 Å². The molecular weight excluding hydrogens is 464 g/mol. The third kappa shape index (κ3) is 6.67. The molecule has 200 valence electrons. The number of carbonyl (C=O) groups excluding carboxylic acids is 2. The highest BCUT2D eigenvalue weighted by molar-refractivity contribution is 5.79. The van der Waals surface area contributed by atoms with E-state index in [1.165, 1.54) is 6.92 Å². The molecule has 1 aromatic rings. The highest BCUT2D eigenvalue weighted by Crippen LogP contribution is 2.42. The van der Waals surface area contributed by atoms with Crippen LogP contribution in [0.1, 0.15) is 51.0 Å². The molecule has 3 N–H and O–H groups in total. The van der Waals surface area contributed by atoms with E-state index in [-0.39, 0.29) is 31.1 Å². The van der Waals surface area contributed by atoms with Crippen molar-refractivity contribution in [1.29, 1.82) is 0 Å². The fraction of sp³-hybridized carbons (Fsp3) is 0.654. The number of aliphatic carboxylic acids is 1. The van der Waals surface area contributed by atoms with E-state index in [2.05, 4.69) is 6.92 Å². The molecule has 10 heteroatoms. The number of unbranched alkanes of at least 4 members (excludes halogenated alkanes) is 1. The van der Waals surface area contributed by atoms with Gasteiger partial charge in [-0.05, 0) is 43.5 Å². The molecule has 36 heavy (non-hydrogen) atoms. The summed E-state index contributed by atoms with van der Waals surface area (Å²) in [5, 5.41) is 10.3. The van der Waals surface area contributed by atoms with E-state index < -0.39 is 17.9 Å². The van der Waals surface area contributed by atoms with Gasteiger partial charge in [-0.2, -0.15) is 0 Å². The predicted octanol–water partition coefficient (Wildman–Crippen LogP) is 1.73. The molecule has 2 aliphatic rings. The second-order valence-corrected chi connectivity index (χ2v) is 9.69. The van der Waals surface area contributed by atoms with E-state index in [1.807, 2.05) is 28.0 Å². The van der Waals surface area contributed by atoms with Crippen LogP contribution in [-0.4, -0.2) is 96.7 Å². The topological polar surface area (TPSA) is 126 Å². The van der Waals surface area contributed by atoms with Gasteiger partial charge < -0.3 is 30.1 Å². The van der Waals surface area contributed by atoms with Crippen molar-refractivity contribution in [3.05, 3.63) is 23.8 Å². The number of rotatable bonds is 13. The van der Waals surface area contributed by atoms with Crippen molar-refractivity contribution in [2.75, 3.05) is 53.1 Å². The third-order valence-electron chi connectivity index (χ3n) is 7.26. The molecule has 3 atom stereocenters. The van der Waals surface area contributed by atoms with E-state index >= 15 is 0 Å². The number of likely N-dealkylation sites (tertiary alicyclic amines) is 1. The first-order valence-corrected chi connectivity index (χ1v) is 12.8. The number of hydrogen-bond donors (Lipinski definition) is 2. The van der Waals surface area contributed by atoms with Crippen LogP contribution in [-0.2, 0) is 14.4 Å². The lowest BCUT2D eigenvalue weighted by molar-refractivity contribution is -0.144. The Morgan fingerprint density at radius 3 is 2.53 bits per heavy atom. The average molecular weight is 505 g/mol. The summed E-state index contributed by atoms with van der Waals surface area (Å²) in [5.41, 5.74) is 6.54. The average Bonchev–Trinajstić information content (AvgIpc) is 3.46. The highest BCUT2D eigenvalue weighted by atomic mass is 16.7. The minimum absolute atomic E-state index is 0.0164. The van der Waals surface area contributed by atoms with Gasteiger partial charge in [-0.1, -0.05) is 19.4 Å². The van der Waals surface area contributed by atoms with Gasteiger partial charge in [0.1, 0.15) is 0 Å². The van der Waals surface area contributed by atoms with Gasteiger partial charge in [0.25, 0.3) is 0 Å². The molecule has 1 fully saturated rings. The second-order valence-electron chi connectivity index (χ2n) is 9.69. The molecule has 0 bridgehead atoms. The summed E-state index contributed by atoms with van der Waals surface area (Å²) in [7, 11) is 1.71. The molecule has 1 saturated heterocycles. The SMILES string of the molecule is CCCCN(CCCN)C(=O)CN1C[C@H](c2ccc3c(c2)OCO3)[C@@H](C(=O)O)[C@@H]1CCN(C)C(C)=O. The third-order valence-corrected chi connectivity index (χ3v) is 7.26. The summed E-state index contributed by atoms with van der Waals surface area (Å²) >= 11 is 0. The van der Waals surface area contributed by atoms with Crippen molar-refractivity contribution in [2.24, 2.45) is 11.7 Å². The number of hydrogen-bond acceptors (Lipinski definition) is 7. The second kappa shape index (κ2) is 12.9. The summed E-state index contributed by atoms with van der Waals surface area (Å²) in [6, 6.07) is 5.14. The number of carbonyl (C=O) groups is 3. The molecular formula is C26H40N4O6. The molecule has 2 amide bonds. The fourth-order valence-corrected chi connectivity index (χ4v) is 5.08. The lowest BCUT2D eigenvalue weighted by Crippen LogP contribution is -2.46. The molecule has 1 aromatic carbocycles. The first kappa shape index (κ1) is 27.7. The molecule has 0 spiro atoms. The Bertz CT molecular complexity index is 918. The Morgan fingerprint density at radius 2 is 1.86 bits per heavy atom. The maximum absolute atomic E-state index is 13.4.